The molecule has 1 aliphatic rings. The predicted molar refractivity (Wildman–Crippen MR) is 125 cm³/mol. The molecule has 4 atom stereocenters. The molecule has 0 radical (unpaired) electrons. The van der Waals surface area contributed by atoms with Gasteiger partial charge < -0.3 is 30.6 Å². The zero-order chi connectivity index (χ0) is 24.6. The lowest BCUT2D eigenvalue weighted by Gasteiger charge is -2.35. The molecule has 180 valence electrons. The number of aliphatic hydroxyl groups excluding tert-OH is 2. The molecule has 6 N–H and O–H groups in total. The van der Waals surface area contributed by atoms with E-state index in [1.807, 2.05) is 12.1 Å². The van der Waals surface area contributed by atoms with Crippen molar-refractivity contribution in [3.8, 4) is 0 Å². The minimum absolute atomic E-state index is 0.602. The summed E-state index contributed by atoms with van der Waals surface area (Å²) in [7, 11) is 0. The van der Waals surface area contributed by atoms with Crippen LogP contribution >= 0.6 is 23.2 Å². The van der Waals surface area contributed by atoms with Crippen molar-refractivity contribution in [3.05, 3.63) is 69.7 Å². The third-order valence-electron chi connectivity index (χ3n) is 5.68. The molecule has 1 heterocycles. The molecule has 3 unspecified atom stereocenters. The number of aliphatic hydroxyl groups is 2. The lowest BCUT2D eigenvalue weighted by atomic mass is 10.1. The summed E-state index contributed by atoms with van der Waals surface area (Å²) in [6, 6.07) is 16.5. The standard InChI is InChI=1S/C19H23Cl2N2.C4H6O6/c20-18-7-6-17(19(21)10-18)14-23(9-8-16(11-22)13-23)12-15-4-2-1-3-5-15;5-1(3(7)8)2(6)4(9)10/h1-7,10,16H,8-9,11-14,22H2;1-2,5-6H,(H,7,8)(H,9,10)/q+1;/t16-,23?;/m0./s1. The van der Waals surface area contributed by atoms with Crippen LogP contribution in [0.25, 0.3) is 0 Å². The first-order valence-corrected chi connectivity index (χ1v) is 11.2. The first-order valence-electron chi connectivity index (χ1n) is 10.4. The molecule has 1 fully saturated rings. The molecular formula is C23H29Cl2N2O6+. The Morgan fingerprint density at radius 1 is 1.00 bits per heavy atom. The first kappa shape index (κ1) is 27.0. The predicted octanol–water partition coefficient (Wildman–Crippen LogP) is 2.37. The van der Waals surface area contributed by atoms with Gasteiger partial charge in [0.25, 0.3) is 0 Å². The van der Waals surface area contributed by atoms with Gasteiger partial charge >= 0.3 is 11.9 Å². The number of aliphatic carboxylic acids is 2. The number of benzene rings is 2. The van der Waals surface area contributed by atoms with Crippen LogP contribution in [-0.2, 0) is 22.7 Å². The zero-order valence-electron chi connectivity index (χ0n) is 18.0. The van der Waals surface area contributed by atoms with Crippen molar-refractivity contribution in [2.24, 2.45) is 11.7 Å². The summed E-state index contributed by atoms with van der Waals surface area (Å²) < 4.78 is 1.02. The number of carboxylic acids is 2. The molecular weight excluding hydrogens is 471 g/mol. The van der Waals surface area contributed by atoms with Gasteiger partial charge in [-0.2, -0.15) is 0 Å². The molecule has 0 bridgehead atoms. The average Bonchev–Trinajstić information content (AvgIpc) is 3.18. The van der Waals surface area contributed by atoms with E-state index in [1.54, 1.807) is 0 Å². The Hall–Kier alpha value is -2.20. The van der Waals surface area contributed by atoms with Crippen LogP contribution in [0.3, 0.4) is 0 Å². The van der Waals surface area contributed by atoms with E-state index in [9.17, 15) is 9.59 Å². The Kier molecular flexibility index (Phi) is 10.1. The summed E-state index contributed by atoms with van der Waals surface area (Å²) in [5.41, 5.74) is 8.48. The van der Waals surface area contributed by atoms with Gasteiger partial charge in [-0.25, -0.2) is 9.59 Å². The Bertz CT molecular complexity index is 928. The molecule has 2 aromatic carbocycles. The Balaban J connectivity index is 0.000000328. The highest BCUT2D eigenvalue weighted by atomic mass is 35.5. The molecule has 0 spiro atoms. The number of nitrogens with zero attached hydrogens (tertiary/aromatic N) is 1. The largest absolute Gasteiger partial charge is 0.479 e. The topological polar surface area (TPSA) is 141 Å². The van der Waals surface area contributed by atoms with Crippen LogP contribution < -0.4 is 5.73 Å². The van der Waals surface area contributed by atoms with E-state index >= 15 is 0 Å². The van der Waals surface area contributed by atoms with E-state index in [0.717, 1.165) is 42.2 Å². The van der Waals surface area contributed by atoms with Crippen molar-refractivity contribution in [3.63, 3.8) is 0 Å². The van der Waals surface area contributed by atoms with E-state index in [1.165, 1.54) is 17.5 Å². The molecule has 0 saturated carbocycles. The van der Waals surface area contributed by atoms with Crippen molar-refractivity contribution in [2.75, 3.05) is 19.6 Å². The summed E-state index contributed by atoms with van der Waals surface area (Å²) in [6.07, 6.45) is -3.34. The van der Waals surface area contributed by atoms with Gasteiger partial charge in [0.05, 0.1) is 18.1 Å². The summed E-state index contributed by atoms with van der Waals surface area (Å²) in [6.45, 7) is 4.99. The van der Waals surface area contributed by atoms with Gasteiger partial charge in [0.15, 0.2) is 12.2 Å². The summed E-state index contributed by atoms with van der Waals surface area (Å²) >= 11 is 12.5. The minimum atomic E-state index is -2.27. The third kappa shape index (κ3) is 7.96. The van der Waals surface area contributed by atoms with Crippen molar-refractivity contribution in [2.45, 2.75) is 31.7 Å². The van der Waals surface area contributed by atoms with E-state index in [4.69, 9.17) is 49.4 Å². The molecule has 10 heteroatoms. The number of hydrogen-bond acceptors (Lipinski definition) is 5. The van der Waals surface area contributed by atoms with Crippen molar-refractivity contribution in [1.82, 2.24) is 0 Å². The molecule has 3 rings (SSSR count). The van der Waals surface area contributed by atoms with E-state index < -0.39 is 24.1 Å². The van der Waals surface area contributed by atoms with Crippen LogP contribution in [0.1, 0.15) is 17.5 Å². The molecule has 0 amide bonds. The molecule has 8 nitrogen and oxygen atoms in total. The highest BCUT2D eigenvalue weighted by molar-refractivity contribution is 6.35. The normalized spacial score (nSPS) is 21.5. The highest BCUT2D eigenvalue weighted by Gasteiger charge is 2.38. The Morgan fingerprint density at radius 2 is 1.61 bits per heavy atom. The Labute approximate surface area is 202 Å². The fraction of sp³-hybridized carbons (Fsp3) is 0.391. The lowest BCUT2D eigenvalue weighted by molar-refractivity contribution is -0.943. The van der Waals surface area contributed by atoms with Gasteiger partial charge in [-0.3, -0.25) is 0 Å². The van der Waals surface area contributed by atoms with Gasteiger partial charge in [-0.1, -0.05) is 59.6 Å². The maximum Gasteiger partial charge on any atom is 0.335 e. The van der Waals surface area contributed by atoms with Crippen molar-refractivity contribution >= 4 is 35.1 Å². The number of nitrogens with two attached hydrogens (primary N) is 1. The van der Waals surface area contributed by atoms with Gasteiger partial charge in [-0.15, -0.1) is 0 Å². The minimum Gasteiger partial charge on any atom is -0.479 e. The lowest BCUT2D eigenvalue weighted by Crippen LogP contribution is -2.44. The van der Waals surface area contributed by atoms with Crippen LogP contribution in [0.2, 0.25) is 10.0 Å². The average molecular weight is 500 g/mol. The van der Waals surface area contributed by atoms with E-state index in [2.05, 4.69) is 36.4 Å². The maximum absolute atomic E-state index is 9.77. The monoisotopic (exact) mass is 499 g/mol. The smallest absolute Gasteiger partial charge is 0.335 e. The number of halogens is 2. The molecule has 0 aromatic heterocycles. The summed E-state index contributed by atoms with van der Waals surface area (Å²) in [5.74, 6) is -2.94. The van der Waals surface area contributed by atoms with Crippen LogP contribution in [0, 0.1) is 5.92 Å². The van der Waals surface area contributed by atoms with Gasteiger partial charge in [-0.05, 0) is 12.1 Å². The zero-order valence-corrected chi connectivity index (χ0v) is 19.5. The fourth-order valence-electron chi connectivity index (χ4n) is 3.97. The molecule has 33 heavy (non-hydrogen) atoms. The molecule has 1 aliphatic heterocycles. The van der Waals surface area contributed by atoms with E-state index in [0.29, 0.717) is 10.9 Å². The Morgan fingerprint density at radius 3 is 2.09 bits per heavy atom. The number of quaternary nitrogens is 1. The number of carboxylic acid groups (broad SMARTS) is 2. The number of likely N-dealkylation sites (tertiary alicyclic amines) is 1. The van der Waals surface area contributed by atoms with Crippen LogP contribution in [0.15, 0.2) is 48.5 Å². The van der Waals surface area contributed by atoms with E-state index in [-0.39, 0.29) is 0 Å². The third-order valence-corrected chi connectivity index (χ3v) is 6.26. The van der Waals surface area contributed by atoms with Gasteiger partial charge in [0.2, 0.25) is 0 Å². The first-order chi connectivity index (χ1) is 15.6. The van der Waals surface area contributed by atoms with Gasteiger partial charge in [0, 0.05) is 35.0 Å². The number of hydrogen-bond donors (Lipinski definition) is 5. The summed E-state index contributed by atoms with van der Waals surface area (Å²) in [4.78, 5) is 19.5. The second kappa shape index (κ2) is 12.3. The number of carbonyl (C=O) groups is 2. The van der Waals surface area contributed by atoms with Crippen LogP contribution in [-0.4, -0.2) is 68.7 Å². The van der Waals surface area contributed by atoms with Crippen molar-refractivity contribution in [1.29, 1.82) is 0 Å². The SMILES string of the molecule is NC[C@@H]1CC[N+](Cc2ccccc2)(Cc2ccc(Cl)cc2Cl)C1.O=C(O)C(O)C(O)C(=O)O. The van der Waals surface area contributed by atoms with Crippen LogP contribution in [0.5, 0.6) is 0 Å². The summed E-state index contributed by atoms with van der Waals surface area (Å²) in [5, 5.41) is 34.0. The molecule has 0 aliphatic carbocycles. The number of rotatable bonds is 8. The quantitative estimate of drug-likeness (QED) is 0.351. The fourth-order valence-corrected chi connectivity index (χ4v) is 4.44. The highest BCUT2D eigenvalue weighted by Crippen LogP contribution is 2.32. The maximum atomic E-state index is 9.77. The second-order valence-corrected chi connectivity index (χ2v) is 9.09. The van der Waals surface area contributed by atoms with Crippen LogP contribution in [0.4, 0.5) is 0 Å². The molecule has 2 aromatic rings. The molecule has 1 saturated heterocycles. The van der Waals surface area contributed by atoms with Crippen molar-refractivity contribution < 1.29 is 34.5 Å². The second-order valence-electron chi connectivity index (χ2n) is 8.24. The van der Waals surface area contributed by atoms with Gasteiger partial charge in [0.1, 0.15) is 13.1 Å².